The van der Waals surface area contributed by atoms with Crippen LogP contribution in [0.15, 0.2) is 34.8 Å². The van der Waals surface area contributed by atoms with Gasteiger partial charge < -0.3 is 9.47 Å². The fourth-order valence-corrected chi connectivity index (χ4v) is 3.77. The van der Waals surface area contributed by atoms with Crippen molar-refractivity contribution in [2.45, 2.75) is 39.7 Å². The zero-order valence-electron chi connectivity index (χ0n) is 16.9. The van der Waals surface area contributed by atoms with E-state index in [0.717, 1.165) is 15.6 Å². The highest BCUT2D eigenvalue weighted by Gasteiger charge is 2.18. The molecule has 2 aromatic rings. The van der Waals surface area contributed by atoms with Crippen LogP contribution in [0.25, 0.3) is 0 Å². The summed E-state index contributed by atoms with van der Waals surface area (Å²) in [6.07, 6.45) is -0.158. The van der Waals surface area contributed by atoms with E-state index >= 15 is 0 Å². The Labute approximate surface area is 194 Å². The molecule has 2 N–H and O–H groups in total. The van der Waals surface area contributed by atoms with E-state index in [2.05, 4.69) is 26.8 Å². The average molecular weight is 518 g/mol. The van der Waals surface area contributed by atoms with Gasteiger partial charge in [0.05, 0.1) is 11.6 Å². The van der Waals surface area contributed by atoms with Crippen LogP contribution >= 0.6 is 39.1 Å². The summed E-state index contributed by atoms with van der Waals surface area (Å²) in [7, 11) is 0. The first-order valence-corrected chi connectivity index (χ1v) is 10.8. The van der Waals surface area contributed by atoms with Gasteiger partial charge in [0.2, 0.25) is 5.91 Å². The lowest BCUT2D eigenvalue weighted by Crippen LogP contribution is -2.47. The zero-order chi connectivity index (χ0) is 22.3. The minimum Gasteiger partial charge on any atom is -0.492 e. The van der Waals surface area contributed by atoms with Gasteiger partial charge in [0.1, 0.15) is 11.5 Å². The molecule has 2 aromatic carbocycles. The minimum absolute atomic E-state index is 0.172. The van der Waals surface area contributed by atoms with Crippen molar-refractivity contribution in [3.05, 3.63) is 56.0 Å². The molecule has 0 fully saturated rings. The summed E-state index contributed by atoms with van der Waals surface area (Å²) in [6, 6.07) is 8.75. The Balaban J connectivity index is 1.71. The van der Waals surface area contributed by atoms with Crippen molar-refractivity contribution in [2.75, 3.05) is 6.61 Å². The standard InChI is InChI=1S/C21H23BrCl2N2O4/c1-12-9-15(22)10-13(2)20(12)30-14(3)21(28)26-25-19(27)5-4-8-29-18-7-6-16(23)11-17(18)24/h6-7,9-11,14H,4-5,8H2,1-3H3,(H,25,27)(H,26,28). The van der Waals surface area contributed by atoms with Crippen molar-refractivity contribution in [2.24, 2.45) is 0 Å². The van der Waals surface area contributed by atoms with Crippen LogP contribution in [0, 0.1) is 13.8 Å². The van der Waals surface area contributed by atoms with Gasteiger partial charge in [-0.1, -0.05) is 39.1 Å². The second kappa shape index (κ2) is 11.4. The maximum absolute atomic E-state index is 12.2. The van der Waals surface area contributed by atoms with Crippen molar-refractivity contribution >= 4 is 50.9 Å². The monoisotopic (exact) mass is 516 g/mol. The van der Waals surface area contributed by atoms with E-state index in [9.17, 15) is 9.59 Å². The Kier molecular flexibility index (Phi) is 9.27. The van der Waals surface area contributed by atoms with Crippen LogP contribution in [-0.2, 0) is 9.59 Å². The summed E-state index contributed by atoms with van der Waals surface area (Å²) in [5.41, 5.74) is 6.57. The van der Waals surface area contributed by atoms with E-state index in [4.69, 9.17) is 32.7 Å². The molecule has 2 rings (SSSR count). The molecule has 6 nitrogen and oxygen atoms in total. The van der Waals surface area contributed by atoms with E-state index < -0.39 is 12.0 Å². The molecule has 0 aliphatic carbocycles. The van der Waals surface area contributed by atoms with Gasteiger partial charge >= 0.3 is 0 Å². The van der Waals surface area contributed by atoms with Crippen LogP contribution in [0.4, 0.5) is 0 Å². The van der Waals surface area contributed by atoms with Crippen LogP contribution in [0.2, 0.25) is 10.0 Å². The highest BCUT2D eigenvalue weighted by Crippen LogP contribution is 2.28. The Morgan fingerprint density at radius 3 is 2.40 bits per heavy atom. The first-order valence-electron chi connectivity index (χ1n) is 9.27. The number of halogens is 3. The van der Waals surface area contributed by atoms with E-state index in [1.54, 1.807) is 25.1 Å². The normalized spacial score (nSPS) is 11.5. The van der Waals surface area contributed by atoms with E-state index in [1.165, 1.54) is 0 Å². The molecule has 9 heteroatoms. The third-order valence-electron chi connectivity index (χ3n) is 4.11. The number of aryl methyl sites for hydroxylation is 2. The Bertz CT molecular complexity index is 901. The fraction of sp³-hybridized carbons (Fsp3) is 0.333. The number of carbonyl (C=O) groups is 2. The SMILES string of the molecule is Cc1cc(Br)cc(C)c1OC(C)C(=O)NNC(=O)CCCOc1ccc(Cl)cc1Cl. The lowest BCUT2D eigenvalue weighted by Gasteiger charge is -2.18. The number of benzene rings is 2. The minimum atomic E-state index is -0.778. The maximum Gasteiger partial charge on any atom is 0.279 e. The van der Waals surface area contributed by atoms with Crippen molar-refractivity contribution in [3.63, 3.8) is 0 Å². The molecule has 1 atom stereocenters. The molecule has 0 radical (unpaired) electrons. The Hall–Kier alpha value is -1.96. The van der Waals surface area contributed by atoms with Gasteiger partial charge in [0, 0.05) is 15.9 Å². The number of amides is 2. The molecular formula is C21H23BrCl2N2O4. The molecule has 0 bridgehead atoms. The van der Waals surface area contributed by atoms with Gasteiger partial charge in [-0.15, -0.1) is 0 Å². The maximum atomic E-state index is 12.2. The van der Waals surface area contributed by atoms with Gasteiger partial charge in [-0.05, 0) is 68.7 Å². The second-order valence-electron chi connectivity index (χ2n) is 6.69. The lowest BCUT2D eigenvalue weighted by atomic mass is 10.1. The Morgan fingerprint density at radius 1 is 1.10 bits per heavy atom. The van der Waals surface area contributed by atoms with Crippen molar-refractivity contribution < 1.29 is 19.1 Å². The van der Waals surface area contributed by atoms with Crippen LogP contribution in [0.5, 0.6) is 11.5 Å². The van der Waals surface area contributed by atoms with Crippen LogP contribution in [-0.4, -0.2) is 24.5 Å². The predicted molar refractivity (Wildman–Crippen MR) is 121 cm³/mol. The summed E-state index contributed by atoms with van der Waals surface area (Å²) in [4.78, 5) is 24.1. The number of carbonyl (C=O) groups excluding carboxylic acids is 2. The summed E-state index contributed by atoms with van der Waals surface area (Å²) in [5, 5.41) is 0.926. The zero-order valence-corrected chi connectivity index (χ0v) is 20.0. The van der Waals surface area contributed by atoms with Gasteiger partial charge in [0.15, 0.2) is 6.10 Å². The molecule has 1 unspecified atom stereocenters. The predicted octanol–water partition coefficient (Wildman–Crippen LogP) is 5.15. The number of nitrogens with one attached hydrogen (secondary N) is 2. The molecule has 162 valence electrons. The number of ether oxygens (including phenoxy) is 2. The highest BCUT2D eigenvalue weighted by atomic mass is 79.9. The molecule has 30 heavy (non-hydrogen) atoms. The third kappa shape index (κ3) is 7.38. The van der Waals surface area contributed by atoms with Crippen molar-refractivity contribution in [1.29, 1.82) is 0 Å². The van der Waals surface area contributed by atoms with Gasteiger partial charge in [-0.3, -0.25) is 20.4 Å². The first kappa shape index (κ1) is 24.3. The summed E-state index contributed by atoms with van der Waals surface area (Å²) in [5.74, 6) is 0.357. The average Bonchev–Trinajstić information content (AvgIpc) is 2.67. The summed E-state index contributed by atoms with van der Waals surface area (Å²) < 4.78 is 12.2. The lowest BCUT2D eigenvalue weighted by molar-refractivity contribution is -0.132. The van der Waals surface area contributed by atoms with Gasteiger partial charge in [0.25, 0.3) is 5.91 Å². The van der Waals surface area contributed by atoms with E-state index in [1.807, 2.05) is 26.0 Å². The topological polar surface area (TPSA) is 76.7 Å². The molecular weight excluding hydrogens is 495 g/mol. The molecule has 0 aromatic heterocycles. The molecule has 0 saturated heterocycles. The molecule has 0 heterocycles. The molecule has 0 saturated carbocycles. The summed E-state index contributed by atoms with van der Waals surface area (Å²) >= 11 is 15.3. The van der Waals surface area contributed by atoms with Crippen LogP contribution < -0.4 is 20.3 Å². The largest absolute Gasteiger partial charge is 0.492 e. The van der Waals surface area contributed by atoms with Crippen molar-refractivity contribution in [1.82, 2.24) is 10.9 Å². The fourth-order valence-electron chi connectivity index (χ4n) is 2.62. The highest BCUT2D eigenvalue weighted by molar-refractivity contribution is 9.10. The quantitative estimate of drug-likeness (QED) is 0.375. The molecule has 2 amide bonds. The summed E-state index contributed by atoms with van der Waals surface area (Å²) in [6.45, 7) is 5.72. The van der Waals surface area contributed by atoms with Crippen LogP contribution in [0.3, 0.4) is 0 Å². The number of hydrogen-bond acceptors (Lipinski definition) is 4. The molecule has 0 aliphatic heterocycles. The smallest absolute Gasteiger partial charge is 0.279 e. The second-order valence-corrected chi connectivity index (χ2v) is 8.45. The number of hydrazine groups is 1. The number of rotatable bonds is 8. The van der Waals surface area contributed by atoms with Crippen molar-refractivity contribution in [3.8, 4) is 11.5 Å². The van der Waals surface area contributed by atoms with Crippen LogP contribution in [0.1, 0.15) is 30.9 Å². The third-order valence-corrected chi connectivity index (χ3v) is 5.10. The van der Waals surface area contributed by atoms with Gasteiger partial charge in [-0.2, -0.15) is 0 Å². The Morgan fingerprint density at radius 2 is 1.77 bits per heavy atom. The van der Waals surface area contributed by atoms with Gasteiger partial charge in [-0.25, -0.2) is 0 Å². The number of hydrogen-bond donors (Lipinski definition) is 2. The van der Waals surface area contributed by atoms with E-state index in [-0.39, 0.29) is 12.3 Å². The molecule has 0 spiro atoms. The first-order chi connectivity index (χ1) is 14.2. The van der Waals surface area contributed by atoms with E-state index in [0.29, 0.717) is 34.6 Å². The molecule has 0 aliphatic rings.